The number of alkyl halides is 3. The van der Waals surface area contributed by atoms with Crippen LogP contribution in [0, 0.1) is 17.8 Å². The molecule has 0 radical (unpaired) electrons. The van der Waals surface area contributed by atoms with Crippen molar-refractivity contribution in [2.24, 2.45) is 17.8 Å². The Hall–Kier alpha value is -1.42. The molecule has 1 aromatic rings. The third-order valence-electron chi connectivity index (χ3n) is 5.59. The second kappa shape index (κ2) is 5.80. The van der Waals surface area contributed by atoms with Gasteiger partial charge in [-0.2, -0.15) is 18.2 Å². The summed E-state index contributed by atoms with van der Waals surface area (Å²) >= 11 is -2.07. The van der Waals surface area contributed by atoms with Crippen LogP contribution >= 0.6 is 0 Å². The van der Waals surface area contributed by atoms with E-state index in [-0.39, 0.29) is 41.3 Å². The summed E-state index contributed by atoms with van der Waals surface area (Å²) in [6.45, 7) is 3.70. The van der Waals surface area contributed by atoms with Gasteiger partial charge in [0.05, 0.1) is 0 Å². The molecule has 1 saturated carbocycles. The molecule has 0 spiro atoms. The van der Waals surface area contributed by atoms with Crippen molar-refractivity contribution in [2.75, 3.05) is 35.2 Å². The molecule has 3 heterocycles. The molecule has 3 fully saturated rings. The average Bonchev–Trinajstić information content (AvgIpc) is 2.95. The van der Waals surface area contributed by atoms with Crippen LogP contribution in [0.25, 0.3) is 0 Å². The molecule has 138 valence electrons. The molecule has 5 atom stereocenters. The molecular weight excluding hydrogens is 357 g/mol. The van der Waals surface area contributed by atoms with E-state index in [1.165, 1.54) is 0 Å². The Morgan fingerprint density at radius 2 is 2.00 bits per heavy atom. The maximum absolute atomic E-state index is 13.2. The van der Waals surface area contributed by atoms with Gasteiger partial charge in [-0.1, -0.05) is 11.1 Å². The number of hydrogen-bond acceptors (Lipinski definition) is 6. The number of piperidine rings is 1. The predicted molar refractivity (Wildman–Crippen MR) is 84.9 cm³/mol. The van der Waals surface area contributed by atoms with E-state index in [1.807, 2.05) is 11.8 Å². The zero-order valence-corrected chi connectivity index (χ0v) is 14.4. The van der Waals surface area contributed by atoms with Gasteiger partial charge in [-0.05, 0) is 31.1 Å². The first kappa shape index (κ1) is 17.0. The van der Waals surface area contributed by atoms with Gasteiger partial charge in [0.2, 0.25) is 5.95 Å². The summed E-state index contributed by atoms with van der Waals surface area (Å²) in [5.74, 6) is 1.14. The maximum atomic E-state index is 13.2. The first-order valence-corrected chi connectivity index (χ1v) is 9.52. The number of aromatic nitrogens is 2. The van der Waals surface area contributed by atoms with Crippen LogP contribution in [0.15, 0.2) is 6.07 Å². The Labute approximate surface area is 145 Å². The monoisotopic (exact) mass is 375 g/mol. The van der Waals surface area contributed by atoms with E-state index in [4.69, 9.17) is 0 Å². The van der Waals surface area contributed by atoms with Crippen molar-refractivity contribution in [3.63, 3.8) is 0 Å². The lowest BCUT2D eigenvalue weighted by atomic mass is 10.1. The number of anilines is 2. The average molecular weight is 375 g/mol. The Balaban J connectivity index is 1.56. The molecule has 2 unspecified atom stereocenters. The van der Waals surface area contributed by atoms with Gasteiger partial charge in [-0.25, -0.2) is 4.98 Å². The third-order valence-corrected chi connectivity index (χ3v) is 6.25. The van der Waals surface area contributed by atoms with E-state index >= 15 is 0 Å². The summed E-state index contributed by atoms with van der Waals surface area (Å²) in [6.07, 6.45) is -3.61. The molecule has 0 bridgehead atoms. The molecule has 0 N–H and O–H groups in total. The number of fused-ring (bicyclic) bond motifs is 1. The van der Waals surface area contributed by atoms with E-state index in [0.717, 1.165) is 12.5 Å². The van der Waals surface area contributed by atoms with Gasteiger partial charge in [0.25, 0.3) is 0 Å². The highest BCUT2D eigenvalue weighted by atomic mass is 32.2. The molecule has 2 aliphatic heterocycles. The minimum absolute atomic E-state index is 0.126. The van der Waals surface area contributed by atoms with Gasteiger partial charge in [0.15, 0.2) is 5.69 Å². The number of nitrogens with zero attached hydrogens (tertiary/aromatic N) is 4. The summed E-state index contributed by atoms with van der Waals surface area (Å²) < 4.78 is 61.3. The minimum Gasteiger partial charge on any atom is -0.772 e. The molecule has 0 amide bonds. The number of rotatable bonds is 4. The Kier molecular flexibility index (Phi) is 3.95. The van der Waals surface area contributed by atoms with Crippen LogP contribution in [0.2, 0.25) is 0 Å². The van der Waals surface area contributed by atoms with E-state index in [0.29, 0.717) is 19.6 Å². The SMILES string of the molecule is C[C@H]1CCN1c1nc(N2C[C@@H]3C(CS(=O)[O-])[C@@H]3C2)cc(C(F)(F)F)n1. The van der Waals surface area contributed by atoms with Gasteiger partial charge in [0.1, 0.15) is 5.82 Å². The maximum Gasteiger partial charge on any atom is 0.433 e. The highest BCUT2D eigenvalue weighted by Crippen LogP contribution is 2.52. The Morgan fingerprint density at radius 1 is 1.32 bits per heavy atom. The molecule has 2 saturated heterocycles. The number of halogens is 3. The fourth-order valence-electron chi connectivity index (χ4n) is 3.91. The summed E-state index contributed by atoms with van der Waals surface area (Å²) in [5, 5.41) is 0. The fourth-order valence-corrected chi connectivity index (χ4v) is 4.72. The number of hydrogen-bond donors (Lipinski definition) is 0. The second-order valence-electron chi connectivity index (χ2n) is 7.11. The smallest absolute Gasteiger partial charge is 0.433 e. The molecule has 3 aliphatic rings. The van der Waals surface area contributed by atoms with Crippen molar-refractivity contribution in [2.45, 2.75) is 25.6 Å². The molecule has 25 heavy (non-hydrogen) atoms. The van der Waals surface area contributed by atoms with Crippen LogP contribution in [-0.4, -0.2) is 50.2 Å². The van der Waals surface area contributed by atoms with Crippen LogP contribution in [0.5, 0.6) is 0 Å². The molecule has 1 aromatic heterocycles. The standard InChI is InChI=1S/C15H19F3N4O2S/c1-8-2-3-22(8)14-19-12(15(16,17)18)4-13(20-14)21-5-9-10(6-21)11(9)7-25(23)24/h4,8-11H,2-3,5-7H2,1H3,(H,23,24)/p-1/t8-,9-,10+,11?/m0/s1. The van der Waals surface area contributed by atoms with Crippen LogP contribution in [0.4, 0.5) is 24.9 Å². The third kappa shape index (κ3) is 3.10. The lowest BCUT2D eigenvalue weighted by Gasteiger charge is -2.39. The molecule has 1 aliphatic carbocycles. The van der Waals surface area contributed by atoms with Crippen molar-refractivity contribution in [3.05, 3.63) is 11.8 Å². The van der Waals surface area contributed by atoms with E-state index in [2.05, 4.69) is 9.97 Å². The largest absolute Gasteiger partial charge is 0.772 e. The lowest BCUT2D eigenvalue weighted by molar-refractivity contribution is -0.141. The van der Waals surface area contributed by atoms with Crippen LogP contribution in [0.1, 0.15) is 19.0 Å². The van der Waals surface area contributed by atoms with Crippen molar-refractivity contribution in [1.82, 2.24) is 9.97 Å². The van der Waals surface area contributed by atoms with E-state index in [9.17, 15) is 21.9 Å². The van der Waals surface area contributed by atoms with Gasteiger partial charge in [-0.15, -0.1) is 0 Å². The van der Waals surface area contributed by atoms with Gasteiger partial charge in [0, 0.05) is 37.5 Å². The summed E-state index contributed by atoms with van der Waals surface area (Å²) in [6, 6.07) is 1.14. The molecule has 0 aromatic carbocycles. The van der Waals surface area contributed by atoms with Crippen LogP contribution < -0.4 is 9.80 Å². The van der Waals surface area contributed by atoms with Gasteiger partial charge < -0.3 is 14.4 Å². The quantitative estimate of drug-likeness (QED) is 0.746. The Morgan fingerprint density at radius 3 is 2.48 bits per heavy atom. The summed E-state index contributed by atoms with van der Waals surface area (Å²) in [4.78, 5) is 11.7. The Bertz CT molecular complexity index is 705. The van der Waals surface area contributed by atoms with Gasteiger partial charge in [-0.3, -0.25) is 4.21 Å². The van der Waals surface area contributed by atoms with Crippen molar-refractivity contribution in [3.8, 4) is 0 Å². The van der Waals surface area contributed by atoms with E-state index in [1.54, 1.807) is 4.90 Å². The first-order chi connectivity index (χ1) is 11.7. The molecule has 4 rings (SSSR count). The predicted octanol–water partition coefficient (Wildman–Crippen LogP) is 1.66. The van der Waals surface area contributed by atoms with Crippen molar-refractivity contribution < 1.29 is 21.9 Å². The van der Waals surface area contributed by atoms with Crippen molar-refractivity contribution in [1.29, 1.82) is 0 Å². The van der Waals surface area contributed by atoms with E-state index < -0.39 is 23.0 Å². The summed E-state index contributed by atoms with van der Waals surface area (Å²) in [7, 11) is 0. The topological polar surface area (TPSA) is 72.4 Å². The van der Waals surface area contributed by atoms with Crippen molar-refractivity contribution >= 4 is 22.8 Å². The zero-order chi connectivity index (χ0) is 17.9. The van der Waals surface area contributed by atoms with Gasteiger partial charge >= 0.3 is 6.18 Å². The second-order valence-corrected chi connectivity index (χ2v) is 8.05. The van der Waals surface area contributed by atoms with Crippen LogP contribution in [-0.2, 0) is 17.3 Å². The summed E-state index contributed by atoms with van der Waals surface area (Å²) in [5.41, 5.74) is -0.926. The highest BCUT2D eigenvalue weighted by molar-refractivity contribution is 7.79. The minimum atomic E-state index is -4.52. The molecule has 6 nitrogen and oxygen atoms in total. The van der Waals surface area contributed by atoms with Crippen LogP contribution in [0.3, 0.4) is 0 Å². The first-order valence-electron chi connectivity index (χ1n) is 8.28. The molecular formula is C15H18F3N4O2S-. The normalized spacial score (nSPS) is 32.4. The zero-order valence-electron chi connectivity index (χ0n) is 13.6. The lowest BCUT2D eigenvalue weighted by Crippen LogP contribution is -2.47. The highest BCUT2D eigenvalue weighted by Gasteiger charge is 2.55. The fraction of sp³-hybridized carbons (Fsp3) is 0.733. The molecule has 10 heteroatoms.